The van der Waals surface area contributed by atoms with E-state index in [1.54, 1.807) is 0 Å². The fourth-order valence-corrected chi connectivity index (χ4v) is 4.59. The average Bonchev–Trinajstić information content (AvgIpc) is 3.27. The van der Waals surface area contributed by atoms with Gasteiger partial charge in [-0.25, -0.2) is 4.98 Å². The molecule has 0 radical (unpaired) electrons. The molecule has 1 aromatic heterocycles. The highest BCUT2D eigenvalue weighted by molar-refractivity contribution is 6.06. The van der Waals surface area contributed by atoms with Crippen molar-refractivity contribution in [2.75, 3.05) is 18.4 Å². The second kappa shape index (κ2) is 6.91. The van der Waals surface area contributed by atoms with Crippen molar-refractivity contribution in [1.29, 1.82) is 0 Å². The summed E-state index contributed by atoms with van der Waals surface area (Å²) in [5.74, 6) is 0.169. The molecule has 3 aromatic rings. The third-order valence-electron chi connectivity index (χ3n) is 6.21. The fraction of sp³-hybridized carbons (Fsp3) is 0.304. The van der Waals surface area contributed by atoms with E-state index < -0.39 is 0 Å². The smallest absolute Gasteiger partial charge is 0.235 e. The van der Waals surface area contributed by atoms with Crippen LogP contribution in [0.5, 0.6) is 0 Å². The molecule has 0 aliphatic carbocycles. The van der Waals surface area contributed by atoms with Crippen molar-refractivity contribution in [2.45, 2.75) is 31.3 Å². The van der Waals surface area contributed by atoms with Gasteiger partial charge in [-0.2, -0.15) is 0 Å². The molecule has 0 atom stereocenters. The minimum absolute atomic E-state index is 0.169. The lowest BCUT2D eigenvalue weighted by Crippen LogP contribution is -2.46. The summed E-state index contributed by atoms with van der Waals surface area (Å²) in [4.78, 5) is 19.6. The largest absolute Gasteiger partial charge is 0.329 e. The fourth-order valence-electron chi connectivity index (χ4n) is 4.59. The van der Waals surface area contributed by atoms with Crippen molar-refractivity contribution in [3.05, 3.63) is 83.9 Å². The van der Waals surface area contributed by atoms with E-state index in [1.165, 1.54) is 16.8 Å². The van der Waals surface area contributed by atoms with E-state index in [-0.39, 0.29) is 11.3 Å². The Morgan fingerprint density at radius 1 is 0.964 bits per heavy atom. The van der Waals surface area contributed by atoms with E-state index in [2.05, 4.69) is 50.1 Å². The number of aromatic nitrogens is 2. The first-order valence-electron chi connectivity index (χ1n) is 9.91. The zero-order valence-electron chi connectivity index (χ0n) is 15.8. The maximum absolute atomic E-state index is 12.7. The molecule has 5 rings (SSSR count). The normalized spacial score (nSPS) is 18.2. The number of nitrogens with one attached hydrogen (secondary N) is 1. The molecule has 5 heteroatoms. The summed E-state index contributed by atoms with van der Waals surface area (Å²) >= 11 is 0. The highest BCUT2D eigenvalue weighted by Crippen LogP contribution is 2.44. The number of hydrogen-bond acceptors (Lipinski definition) is 3. The van der Waals surface area contributed by atoms with Gasteiger partial charge in [0.05, 0.1) is 17.4 Å². The standard InChI is InChI=1S/C23H24N4O/c28-22-23(20-8-4-5-9-21(20)25-22)10-12-26(13-11-23)16-19-14-24-17-27(19)15-18-6-2-1-3-7-18/h1-9,14,17H,10-13,15-16H2,(H,25,28). The molecule has 1 fully saturated rings. The number of amides is 1. The van der Waals surface area contributed by atoms with E-state index >= 15 is 0 Å². The van der Waals surface area contributed by atoms with Crippen molar-refractivity contribution in [3.63, 3.8) is 0 Å². The average molecular weight is 372 g/mol. The predicted molar refractivity (Wildman–Crippen MR) is 109 cm³/mol. The topological polar surface area (TPSA) is 50.2 Å². The molecular formula is C23H24N4O. The highest BCUT2D eigenvalue weighted by atomic mass is 16.2. The van der Waals surface area contributed by atoms with Gasteiger partial charge >= 0.3 is 0 Å². The van der Waals surface area contributed by atoms with Crippen molar-refractivity contribution in [3.8, 4) is 0 Å². The summed E-state index contributed by atoms with van der Waals surface area (Å²) in [5, 5.41) is 3.08. The molecule has 2 aliphatic heterocycles. The Kier molecular flexibility index (Phi) is 4.24. The molecule has 1 N–H and O–H groups in total. The summed E-state index contributed by atoms with van der Waals surface area (Å²) in [6.45, 7) is 3.53. The van der Waals surface area contributed by atoms with Crippen LogP contribution in [0.3, 0.4) is 0 Å². The van der Waals surface area contributed by atoms with Crippen LogP contribution in [0.25, 0.3) is 0 Å². The predicted octanol–water partition coefficient (Wildman–Crippen LogP) is 3.42. The molecule has 1 spiro atoms. The van der Waals surface area contributed by atoms with Crippen molar-refractivity contribution < 1.29 is 4.79 Å². The number of imidazole rings is 1. The van der Waals surface area contributed by atoms with Gasteiger partial charge in [-0.1, -0.05) is 48.5 Å². The summed E-state index contributed by atoms with van der Waals surface area (Å²) in [5.41, 5.74) is 4.31. The minimum Gasteiger partial charge on any atom is -0.329 e. The molecule has 1 saturated heterocycles. The van der Waals surface area contributed by atoms with Crippen molar-refractivity contribution in [1.82, 2.24) is 14.5 Å². The number of hydrogen-bond donors (Lipinski definition) is 1. The van der Waals surface area contributed by atoms with E-state index in [1.807, 2.05) is 36.8 Å². The van der Waals surface area contributed by atoms with Crippen LogP contribution in [0.15, 0.2) is 67.1 Å². The van der Waals surface area contributed by atoms with Gasteiger partial charge in [0.15, 0.2) is 0 Å². The van der Waals surface area contributed by atoms with Gasteiger partial charge < -0.3 is 9.88 Å². The molecule has 0 bridgehead atoms. The molecule has 28 heavy (non-hydrogen) atoms. The van der Waals surface area contributed by atoms with Gasteiger partial charge in [-0.05, 0) is 43.1 Å². The van der Waals surface area contributed by atoms with Crippen LogP contribution in [0.2, 0.25) is 0 Å². The monoisotopic (exact) mass is 372 g/mol. The number of para-hydroxylation sites is 1. The lowest BCUT2D eigenvalue weighted by Gasteiger charge is -2.38. The zero-order valence-corrected chi connectivity index (χ0v) is 15.8. The first-order valence-corrected chi connectivity index (χ1v) is 9.91. The molecule has 1 amide bonds. The summed E-state index contributed by atoms with van der Waals surface area (Å²) in [7, 11) is 0. The number of anilines is 1. The Labute approximate surface area is 165 Å². The van der Waals surface area contributed by atoms with Gasteiger partial charge in [-0.3, -0.25) is 9.69 Å². The maximum atomic E-state index is 12.7. The number of piperidine rings is 1. The van der Waals surface area contributed by atoms with Crippen LogP contribution in [-0.2, 0) is 23.3 Å². The quantitative estimate of drug-likeness (QED) is 0.763. The second-order valence-electron chi connectivity index (χ2n) is 7.86. The van der Waals surface area contributed by atoms with Crippen molar-refractivity contribution >= 4 is 11.6 Å². The second-order valence-corrected chi connectivity index (χ2v) is 7.86. The third kappa shape index (κ3) is 2.92. The SMILES string of the molecule is O=C1Nc2ccccc2C12CCN(Cc1cncn1Cc1ccccc1)CC2. The van der Waals surface area contributed by atoms with E-state index in [0.717, 1.165) is 44.7 Å². The molecule has 2 aromatic carbocycles. The summed E-state index contributed by atoms with van der Waals surface area (Å²) < 4.78 is 2.22. The molecule has 0 saturated carbocycles. The van der Waals surface area contributed by atoms with Gasteiger partial charge in [0.2, 0.25) is 5.91 Å². The number of rotatable bonds is 4. The maximum Gasteiger partial charge on any atom is 0.235 e. The number of likely N-dealkylation sites (tertiary alicyclic amines) is 1. The first-order chi connectivity index (χ1) is 13.7. The summed E-state index contributed by atoms with van der Waals surface area (Å²) in [6.07, 6.45) is 5.60. The Balaban J connectivity index is 1.28. The first kappa shape index (κ1) is 17.2. The number of benzene rings is 2. The van der Waals surface area contributed by atoms with E-state index in [4.69, 9.17) is 0 Å². The van der Waals surface area contributed by atoms with Crippen LogP contribution in [-0.4, -0.2) is 33.4 Å². The lowest BCUT2D eigenvalue weighted by molar-refractivity contribution is -0.122. The van der Waals surface area contributed by atoms with Crippen LogP contribution in [0.1, 0.15) is 29.7 Å². The number of nitrogens with zero attached hydrogens (tertiary/aromatic N) is 3. The lowest BCUT2D eigenvalue weighted by atomic mass is 9.73. The molecule has 0 unspecified atom stereocenters. The van der Waals surface area contributed by atoms with Gasteiger partial charge in [0.25, 0.3) is 0 Å². The molecular weight excluding hydrogens is 348 g/mol. The van der Waals surface area contributed by atoms with Crippen LogP contribution in [0.4, 0.5) is 5.69 Å². The van der Waals surface area contributed by atoms with Crippen molar-refractivity contribution in [2.24, 2.45) is 0 Å². The molecule has 3 heterocycles. The number of carbonyl (C=O) groups excluding carboxylic acids is 1. The Morgan fingerprint density at radius 3 is 2.54 bits per heavy atom. The third-order valence-corrected chi connectivity index (χ3v) is 6.21. The Hall–Kier alpha value is -2.92. The Morgan fingerprint density at radius 2 is 1.71 bits per heavy atom. The molecule has 2 aliphatic rings. The van der Waals surface area contributed by atoms with Crippen LogP contribution < -0.4 is 5.32 Å². The molecule has 5 nitrogen and oxygen atoms in total. The molecule has 142 valence electrons. The van der Waals surface area contributed by atoms with Gasteiger partial charge in [-0.15, -0.1) is 0 Å². The van der Waals surface area contributed by atoms with Crippen LogP contribution >= 0.6 is 0 Å². The zero-order chi connectivity index (χ0) is 19.0. The van der Waals surface area contributed by atoms with E-state index in [9.17, 15) is 4.79 Å². The number of carbonyl (C=O) groups is 1. The number of fused-ring (bicyclic) bond motifs is 2. The van der Waals surface area contributed by atoms with Gasteiger partial charge in [0, 0.05) is 25.0 Å². The minimum atomic E-state index is -0.350. The van der Waals surface area contributed by atoms with E-state index in [0.29, 0.717) is 0 Å². The summed E-state index contributed by atoms with van der Waals surface area (Å²) in [6, 6.07) is 18.6. The Bertz CT molecular complexity index is 987. The highest BCUT2D eigenvalue weighted by Gasteiger charge is 2.48. The van der Waals surface area contributed by atoms with Crippen LogP contribution in [0, 0.1) is 0 Å². The van der Waals surface area contributed by atoms with Gasteiger partial charge in [0.1, 0.15) is 0 Å².